The molecule has 3 aromatic rings. The lowest BCUT2D eigenvalue weighted by Gasteiger charge is -2.19. The predicted octanol–water partition coefficient (Wildman–Crippen LogP) is 5.32. The van der Waals surface area contributed by atoms with Gasteiger partial charge in [0.2, 0.25) is 5.91 Å². The van der Waals surface area contributed by atoms with E-state index in [0.29, 0.717) is 16.3 Å². The van der Waals surface area contributed by atoms with Crippen molar-refractivity contribution >= 4 is 45.8 Å². The number of carbonyl (C=O) groups is 2. The number of thioether (sulfide) groups is 1. The maximum atomic E-state index is 13.0. The Bertz CT molecular complexity index is 1100. The van der Waals surface area contributed by atoms with Crippen molar-refractivity contribution in [2.24, 2.45) is 0 Å². The number of thiazole rings is 1. The molecular weight excluding hydrogens is 451 g/mol. The summed E-state index contributed by atoms with van der Waals surface area (Å²) in [5, 5.41) is 2.27. The van der Waals surface area contributed by atoms with Crippen LogP contribution in [-0.4, -0.2) is 28.1 Å². The largest absolute Gasteiger partial charge is 0.455 e. The second-order valence-electron chi connectivity index (χ2n) is 6.16. The number of halogens is 3. The van der Waals surface area contributed by atoms with E-state index in [4.69, 9.17) is 4.74 Å². The number of pyridine rings is 1. The molecule has 0 fully saturated rings. The third-order valence-corrected chi connectivity index (χ3v) is 5.60. The summed E-state index contributed by atoms with van der Waals surface area (Å²) in [5.74, 6) is -1.08. The molecule has 1 aromatic carbocycles. The molecule has 0 aliphatic carbocycles. The van der Waals surface area contributed by atoms with Crippen molar-refractivity contribution in [3.8, 4) is 0 Å². The Balaban J connectivity index is 1.78. The standard InChI is InChI=1S/C20H16F3N3O3S2/c1-12(27)26(15-6-3-5-13(9-15)20(21,22)23)19-25-14(11-31-19)10-29-18(28)16-7-4-8-24-17(16)30-2/h3-9,11H,10H2,1-2H3. The summed E-state index contributed by atoms with van der Waals surface area (Å²) >= 11 is 2.36. The number of ether oxygens (including phenoxy) is 1. The summed E-state index contributed by atoms with van der Waals surface area (Å²) in [6.07, 6.45) is -1.18. The Morgan fingerprint density at radius 2 is 2.00 bits per heavy atom. The van der Waals surface area contributed by atoms with Gasteiger partial charge in [0.05, 0.1) is 22.5 Å². The third kappa shape index (κ3) is 5.42. The number of esters is 1. The Labute approximate surface area is 184 Å². The lowest BCUT2D eigenvalue weighted by atomic mass is 10.2. The number of hydrogen-bond acceptors (Lipinski definition) is 7. The highest BCUT2D eigenvalue weighted by atomic mass is 32.2. The molecule has 0 saturated heterocycles. The van der Waals surface area contributed by atoms with Crippen molar-refractivity contribution in [1.82, 2.24) is 9.97 Å². The van der Waals surface area contributed by atoms with E-state index in [-0.39, 0.29) is 17.4 Å². The summed E-state index contributed by atoms with van der Waals surface area (Å²) in [5.41, 5.74) is -0.149. The van der Waals surface area contributed by atoms with Gasteiger partial charge in [-0.3, -0.25) is 9.69 Å². The van der Waals surface area contributed by atoms with Crippen molar-refractivity contribution in [2.75, 3.05) is 11.2 Å². The Morgan fingerprint density at radius 3 is 2.68 bits per heavy atom. The highest BCUT2D eigenvalue weighted by molar-refractivity contribution is 7.98. The van der Waals surface area contributed by atoms with Crippen LogP contribution in [-0.2, 0) is 22.3 Å². The highest BCUT2D eigenvalue weighted by Crippen LogP contribution is 2.35. The van der Waals surface area contributed by atoms with Crippen LogP contribution in [0, 0.1) is 0 Å². The first-order valence-corrected chi connectivity index (χ1v) is 10.9. The predicted molar refractivity (Wildman–Crippen MR) is 112 cm³/mol. The minimum absolute atomic E-state index is 0.0418. The van der Waals surface area contributed by atoms with E-state index in [1.54, 1.807) is 30.0 Å². The number of amides is 1. The number of rotatable bonds is 6. The molecule has 0 N–H and O–H groups in total. The smallest absolute Gasteiger partial charge is 0.416 e. The zero-order chi connectivity index (χ0) is 22.6. The maximum absolute atomic E-state index is 13.0. The van der Waals surface area contributed by atoms with Gasteiger partial charge in [0.15, 0.2) is 5.13 Å². The Hall–Kier alpha value is -2.92. The van der Waals surface area contributed by atoms with Crippen LogP contribution in [0.15, 0.2) is 53.0 Å². The number of nitrogens with zero attached hydrogens (tertiary/aromatic N) is 3. The fraction of sp³-hybridized carbons (Fsp3) is 0.200. The summed E-state index contributed by atoms with van der Waals surface area (Å²) in [6, 6.07) is 7.65. The van der Waals surface area contributed by atoms with Gasteiger partial charge in [-0.15, -0.1) is 23.1 Å². The molecule has 0 unspecified atom stereocenters. The van der Waals surface area contributed by atoms with Crippen LogP contribution in [0.2, 0.25) is 0 Å². The summed E-state index contributed by atoms with van der Waals surface area (Å²) in [7, 11) is 0. The fourth-order valence-corrected chi connectivity index (χ4v) is 4.05. The first-order chi connectivity index (χ1) is 14.7. The van der Waals surface area contributed by atoms with Gasteiger partial charge in [0.25, 0.3) is 0 Å². The molecule has 0 saturated carbocycles. The normalized spacial score (nSPS) is 11.3. The monoisotopic (exact) mass is 467 g/mol. The van der Waals surface area contributed by atoms with E-state index < -0.39 is 23.6 Å². The molecule has 0 aliphatic rings. The van der Waals surface area contributed by atoms with Crippen molar-refractivity contribution < 1.29 is 27.5 Å². The average molecular weight is 467 g/mol. The molecule has 2 aromatic heterocycles. The number of alkyl halides is 3. The first-order valence-electron chi connectivity index (χ1n) is 8.79. The molecule has 0 radical (unpaired) electrons. The van der Waals surface area contributed by atoms with Gasteiger partial charge in [-0.05, 0) is 36.6 Å². The number of aromatic nitrogens is 2. The number of hydrogen-bond donors (Lipinski definition) is 0. The van der Waals surface area contributed by atoms with Gasteiger partial charge in [0.1, 0.15) is 11.6 Å². The van der Waals surface area contributed by atoms with E-state index in [9.17, 15) is 22.8 Å². The van der Waals surface area contributed by atoms with E-state index in [1.807, 2.05) is 0 Å². The minimum atomic E-state index is -4.54. The van der Waals surface area contributed by atoms with Gasteiger partial charge in [-0.1, -0.05) is 6.07 Å². The van der Waals surface area contributed by atoms with Gasteiger partial charge < -0.3 is 4.74 Å². The van der Waals surface area contributed by atoms with Gasteiger partial charge in [0, 0.05) is 18.5 Å². The van der Waals surface area contributed by atoms with Crippen LogP contribution >= 0.6 is 23.1 Å². The lowest BCUT2D eigenvalue weighted by molar-refractivity contribution is -0.137. The SMILES string of the molecule is CSc1ncccc1C(=O)OCc1csc(N(C(C)=O)c2cccc(C(F)(F)F)c2)n1. The second-order valence-corrected chi connectivity index (χ2v) is 7.79. The van der Waals surface area contributed by atoms with Gasteiger partial charge in [-0.2, -0.15) is 13.2 Å². The van der Waals surface area contributed by atoms with Crippen molar-refractivity contribution in [3.05, 3.63) is 64.8 Å². The van der Waals surface area contributed by atoms with Crippen molar-refractivity contribution in [2.45, 2.75) is 24.7 Å². The molecule has 0 bridgehead atoms. The molecule has 2 heterocycles. The van der Waals surface area contributed by atoms with Crippen LogP contribution in [0.4, 0.5) is 24.0 Å². The zero-order valence-electron chi connectivity index (χ0n) is 16.3. The minimum Gasteiger partial charge on any atom is -0.455 e. The van der Waals surface area contributed by atoms with Crippen LogP contribution in [0.1, 0.15) is 28.5 Å². The molecule has 0 atom stereocenters. The van der Waals surface area contributed by atoms with Crippen molar-refractivity contribution in [3.63, 3.8) is 0 Å². The molecule has 1 amide bonds. The van der Waals surface area contributed by atoms with E-state index in [2.05, 4.69) is 9.97 Å². The van der Waals surface area contributed by atoms with E-state index in [1.165, 1.54) is 30.8 Å². The topological polar surface area (TPSA) is 72.4 Å². The summed E-state index contributed by atoms with van der Waals surface area (Å²) < 4.78 is 44.4. The summed E-state index contributed by atoms with van der Waals surface area (Å²) in [4.78, 5) is 33.9. The molecular formula is C20H16F3N3O3S2. The molecule has 3 rings (SSSR count). The Kier molecular flexibility index (Phi) is 6.96. The van der Waals surface area contributed by atoms with Gasteiger partial charge >= 0.3 is 12.1 Å². The quantitative estimate of drug-likeness (QED) is 0.361. The average Bonchev–Trinajstić information content (AvgIpc) is 3.19. The fourth-order valence-electron chi connectivity index (χ4n) is 2.64. The highest BCUT2D eigenvalue weighted by Gasteiger charge is 2.31. The van der Waals surface area contributed by atoms with E-state index >= 15 is 0 Å². The molecule has 162 valence electrons. The molecule has 0 spiro atoms. The molecule has 6 nitrogen and oxygen atoms in total. The lowest BCUT2D eigenvalue weighted by Crippen LogP contribution is -2.23. The summed E-state index contributed by atoms with van der Waals surface area (Å²) in [6.45, 7) is 1.07. The zero-order valence-corrected chi connectivity index (χ0v) is 18.0. The van der Waals surface area contributed by atoms with Crippen LogP contribution in [0.25, 0.3) is 0 Å². The maximum Gasteiger partial charge on any atom is 0.416 e. The van der Waals surface area contributed by atoms with E-state index in [0.717, 1.165) is 28.4 Å². The van der Waals surface area contributed by atoms with Crippen LogP contribution < -0.4 is 4.90 Å². The number of benzene rings is 1. The van der Waals surface area contributed by atoms with Crippen LogP contribution in [0.3, 0.4) is 0 Å². The first kappa shape index (κ1) is 22.8. The van der Waals surface area contributed by atoms with Gasteiger partial charge in [-0.25, -0.2) is 14.8 Å². The molecule has 11 heteroatoms. The number of carbonyl (C=O) groups excluding carboxylic acids is 2. The third-order valence-electron chi connectivity index (χ3n) is 4.01. The molecule has 31 heavy (non-hydrogen) atoms. The molecule has 0 aliphatic heterocycles. The number of anilines is 2. The van der Waals surface area contributed by atoms with Crippen molar-refractivity contribution in [1.29, 1.82) is 0 Å². The Morgan fingerprint density at radius 1 is 1.23 bits per heavy atom. The second kappa shape index (κ2) is 9.48. The van der Waals surface area contributed by atoms with Crippen LogP contribution in [0.5, 0.6) is 0 Å².